The summed E-state index contributed by atoms with van der Waals surface area (Å²) in [4.78, 5) is 0.880. The molecule has 0 atom stereocenters. The van der Waals surface area contributed by atoms with Crippen LogP contribution in [-0.4, -0.2) is 12.1 Å². The lowest BCUT2D eigenvalue weighted by Gasteiger charge is -2.09. The monoisotopic (exact) mass is 314 g/mol. The zero-order valence-corrected chi connectivity index (χ0v) is 9.40. The summed E-state index contributed by atoms with van der Waals surface area (Å²) in [5.41, 5.74) is 0.624. The number of rotatable bonds is 0. The van der Waals surface area contributed by atoms with Gasteiger partial charge in [0, 0.05) is 0 Å². The van der Waals surface area contributed by atoms with Gasteiger partial charge in [-0.15, -0.1) is 15.7 Å². The second-order valence-electron chi connectivity index (χ2n) is 2.12. The summed E-state index contributed by atoms with van der Waals surface area (Å²) in [5, 5.41) is 1.83. The highest BCUT2D eigenvalue weighted by Gasteiger charge is 2.21. The lowest BCUT2D eigenvalue weighted by Crippen LogP contribution is -2.16. The number of hydrogen-bond acceptors (Lipinski definition) is 3. The summed E-state index contributed by atoms with van der Waals surface area (Å²) >= 11 is 3.38. The summed E-state index contributed by atoms with van der Waals surface area (Å²) in [7, 11) is -3.48. The normalized spacial score (nSPS) is 19.2. The summed E-state index contributed by atoms with van der Waals surface area (Å²) in [6.45, 7) is 0. The first kappa shape index (κ1) is 8.45. The van der Waals surface area contributed by atoms with Gasteiger partial charge in [-0.1, -0.05) is 0 Å². The molecule has 64 valence electrons. The van der Waals surface area contributed by atoms with Gasteiger partial charge < -0.3 is 0 Å². The van der Waals surface area contributed by atoms with Crippen molar-refractivity contribution in [2.75, 3.05) is 4.72 Å². The van der Waals surface area contributed by atoms with Crippen LogP contribution in [0.15, 0.2) is 15.8 Å². The fourth-order valence-electron chi connectivity index (χ4n) is 0.858. The number of hydrogen-bond donors (Lipinski definition) is 1. The van der Waals surface area contributed by atoms with E-state index in [9.17, 15) is 8.42 Å². The molecule has 0 bridgehead atoms. The van der Waals surface area contributed by atoms with Crippen LogP contribution >= 0.6 is 33.9 Å². The zero-order chi connectivity index (χ0) is 8.77. The van der Waals surface area contributed by atoms with Gasteiger partial charge in [0.05, 0.1) is 10.6 Å². The predicted octanol–water partition coefficient (Wildman–Crippen LogP) is 1.60. The second kappa shape index (κ2) is 2.67. The van der Waals surface area contributed by atoms with E-state index in [2.05, 4.69) is 9.12 Å². The molecule has 1 aliphatic heterocycles. The van der Waals surface area contributed by atoms with Crippen molar-refractivity contribution in [1.82, 2.24) is 0 Å². The minimum Gasteiger partial charge on any atom is -0.264 e. The molecule has 2 rings (SSSR count). The van der Waals surface area contributed by atoms with Gasteiger partial charge in [-0.25, -0.2) is 0 Å². The predicted molar refractivity (Wildman–Crippen MR) is 57.4 cm³/mol. The topological polar surface area (TPSA) is 58.5 Å². The van der Waals surface area contributed by atoms with Crippen molar-refractivity contribution in [2.45, 2.75) is 0 Å². The molecule has 2 heterocycles. The zero-order valence-electron chi connectivity index (χ0n) is 5.61. The summed E-state index contributed by atoms with van der Waals surface area (Å²) in [6.07, 6.45) is 0. The molecule has 0 spiro atoms. The van der Waals surface area contributed by atoms with Crippen LogP contribution in [0.5, 0.6) is 0 Å². The Morgan fingerprint density at radius 2 is 2.33 bits per heavy atom. The molecule has 7 heteroatoms. The Hall–Kier alpha value is -0.150. The van der Waals surface area contributed by atoms with Crippen molar-refractivity contribution in [3.8, 4) is 0 Å². The SMILES string of the molecule is O=S1(=O)N=C(I)c2sccc2N1. The van der Waals surface area contributed by atoms with Crippen LogP contribution in [0.4, 0.5) is 5.69 Å². The van der Waals surface area contributed by atoms with Gasteiger partial charge in [0.2, 0.25) is 0 Å². The lowest BCUT2D eigenvalue weighted by molar-refractivity contribution is 0.603. The van der Waals surface area contributed by atoms with Crippen LogP contribution in [0.2, 0.25) is 0 Å². The first-order valence-electron chi connectivity index (χ1n) is 2.94. The van der Waals surface area contributed by atoms with E-state index < -0.39 is 10.2 Å². The third-order valence-corrected chi connectivity index (χ3v) is 4.59. The number of fused-ring (bicyclic) bond motifs is 1. The third kappa shape index (κ3) is 1.36. The second-order valence-corrected chi connectivity index (χ2v) is 5.40. The molecular weight excluding hydrogens is 311 g/mol. The Morgan fingerprint density at radius 3 is 3.08 bits per heavy atom. The Morgan fingerprint density at radius 1 is 1.58 bits per heavy atom. The number of thiophene rings is 1. The van der Waals surface area contributed by atoms with Gasteiger partial charge in [0.25, 0.3) is 0 Å². The van der Waals surface area contributed by atoms with Crippen molar-refractivity contribution < 1.29 is 8.42 Å². The molecule has 0 radical (unpaired) electrons. The van der Waals surface area contributed by atoms with Gasteiger partial charge in [-0.2, -0.15) is 8.42 Å². The van der Waals surface area contributed by atoms with Crippen molar-refractivity contribution >= 4 is 53.5 Å². The van der Waals surface area contributed by atoms with Crippen LogP contribution in [0.25, 0.3) is 0 Å². The standard InChI is InChI=1S/C5H3IN2O2S2/c6-5-4-3(1-2-11-4)7-12(9,10)8-5/h1-2,7H. The Bertz CT molecular complexity index is 448. The van der Waals surface area contributed by atoms with Crippen molar-refractivity contribution in [3.05, 3.63) is 16.3 Å². The Balaban J connectivity index is 2.67. The molecule has 0 fully saturated rings. The highest BCUT2D eigenvalue weighted by molar-refractivity contribution is 14.1. The van der Waals surface area contributed by atoms with Gasteiger partial charge in [-0.05, 0) is 34.0 Å². The maximum atomic E-state index is 11.0. The fraction of sp³-hybridized carbons (Fsp3) is 0. The average molecular weight is 314 g/mol. The number of nitrogens with one attached hydrogen (secondary N) is 1. The Labute approximate surface area is 87.0 Å². The molecular formula is C5H3IN2O2S2. The van der Waals surface area contributed by atoms with Gasteiger partial charge in [0.15, 0.2) is 0 Å². The molecule has 0 saturated heterocycles. The van der Waals surface area contributed by atoms with E-state index in [1.54, 1.807) is 6.07 Å². The molecule has 12 heavy (non-hydrogen) atoms. The van der Waals surface area contributed by atoms with E-state index in [0.717, 1.165) is 4.88 Å². The van der Waals surface area contributed by atoms with E-state index in [1.807, 2.05) is 28.0 Å². The van der Waals surface area contributed by atoms with E-state index in [1.165, 1.54) is 11.3 Å². The summed E-state index contributed by atoms with van der Waals surface area (Å²) in [5.74, 6) is 0. The number of nitrogens with zero attached hydrogens (tertiary/aromatic N) is 1. The van der Waals surface area contributed by atoms with Crippen molar-refractivity contribution in [3.63, 3.8) is 0 Å². The highest BCUT2D eigenvalue weighted by atomic mass is 127. The minimum absolute atomic E-state index is 0.524. The maximum absolute atomic E-state index is 11.0. The van der Waals surface area contributed by atoms with Crippen LogP contribution in [0, 0.1) is 0 Å². The largest absolute Gasteiger partial charge is 0.343 e. The highest BCUT2D eigenvalue weighted by Crippen LogP contribution is 2.30. The molecule has 4 nitrogen and oxygen atoms in total. The number of halogens is 1. The van der Waals surface area contributed by atoms with Gasteiger partial charge in [0.1, 0.15) is 3.72 Å². The first-order chi connectivity index (χ1) is 5.58. The fourth-order valence-corrected chi connectivity index (χ4v) is 3.96. The molecule has 0 saturated carbocycles. The molecule has 0 unspecified atom stereocenters. The van der Waals surface area contributed by atoms with Crippen LogP contribution in [-0.2, 0) is 10.2 Å². The van der Waals surface area contributed by atoms with Crippen LogP contribution in [0.3, 0.4) is 0 Å². The van der Waals surface area contributed by atoms with Gasteiger partial charge >= 0.3 is 10.2 Å². The third-order valence-electron chi connectivity index (χ3n) is 1.29. The molecule has 0 aromatic carbocycles. The first-order valence-corrected chi connectivity index (χ1v) is 6.34. The van der Waals surface area contributed by atoms with Crippen LogP contribution < -0.4 is 4.72 Å². The van der Waals surface area contributed by atoms with E-state index in [-0.39, 0.29) is 0 Å². The molecule has 0 aliphatic carbocycles. The molecule has 1 aromatic heterocycles. The quantitative estimate of drug-likeness (QED) is 0.740. The van der Waals surface area contributed by atoms with Gasteiger partial charge in [-0.3, -0.25) is 4.72 Å². The molecule has 1 N–H and O–H groups in total. The molecule has 0 amide bonds. The van der Waals surface area contributed by atoms with E-state index in [0.29, 0.717) is 9.41 Å². The molecule has 1 aliphatic rings. The Kier molecular flexibility index (Phi) is 1.88. The van der Waals surface area contributed by atoms with Crippen molar-refractivity contribution in [1.29, 1.82) is 0 Å². The maximum Gasteiger partial charge on any atom is 0.343 e. The van der Waals surface area contributed by atoms with Crippen molar-refractivity contribution in [2.24, 2.45) is 4.40 Å². The smallest absolute Gasteiger partial charge is 0.264 e. The van der Waals surface area contributed by atoms with E-state index >= 15 is 0 Å². The van der Waals surface area contributed by atoms with Crippen LogP contribution in [0.1, 0.15) is 4.88 Å². The summed E-state index contributed by atoms with van der Waals surface area (Å²) < 4.78 is 28.4. The molecule has 1 aromatic rings. The number of anilines is 1. The van der Waals surface area contributed by atoms with E-state index in [4.69, 9.17) is 0 Å². The average Bonchev–Trinajstić information content (AvgIpc) is 2.31. The lowest BCUT2D eigenvalue weighted by atomic mass is 10.4. The summed E-state index contributed by atoms with van der Waals surface area (Å²) in [6, 6.07) is 1.73. The minimum atomic E-state index is -3.48.